The van der Waals surface area contributed by atoms with E-state index in [9.17, 15) is 14.9 Å². The number of carbonyl (C=O) groups is 1. The van der Waals surface area contributed by atoms with Crippen molar-refractivity contribution in [3.63, 3.8) is 0 Å². The Bertz CT molecular complexity index is 612. The monoisotopic (exact) mass is 338 g/mol. The van der Waals surface area contributed by atoms with Crippen LogP contribution in [0.5, 0.6) is 5.75 Å². The van der Waals surface area contributed by atoms with Gasteiger partial charge in [0.25, 0.3) is 11.6 Å². The van der Waals surface area contributed by atoms with Crippen molar-refractivity contribution in [1.82, 2.24) is 0 Å². The van der Waals surface area contributed by atoms with Crippen LogP contribution in [0, 0.1) is 10.1 Å². The van der Waals surface area contributed by atoms with Gasteiger partial charge in [0.05, 0.1) is 23.8 Å². The van der Waals surface area contributed by atoms with Crippen LogP contribution in [0.2, 0.25) is 0 Å². The fourth-order valence-electron chi connectivity index (χ4n) is 2.99. The first kappa shape index (κ1) is 18.2. The molecule has 2 rings (SSSR count). The highest BCUT2D eigenvalue weighted by Crippen LogP contribution is 2.28. The lowest BCUT2D eigenvalue weighted by atomic mass is 10.1. The Hall–Kier alpha value is -2.19. The first-order valence-electron chi connectivity index (χ1n) is 7.95. The summed E-state index contributed by atoms with van der Waals surface area (Å²) in [6.45, 7) is 7.39. The molecule has 0 bridgehead atoms. The molecule has 1 aromatic carbocycles. The molecule has 1 heterocycles. The Labute approximate surface area is 140 Å². The number of ether oxygens (including phenoxy) is 2. The Morgan fingerprint density at radius 2 is 2.04 bits per heavy atom. The predicted octanol–water partition coefficient (Wildman–Crippen LogP) is 0.623. The molecule has 0 spiro atoms. The second-order valence-corrected chi connectivity index (χ2v) is 6.18. The van der Waals surface area contributed by atoms with Crippen LogP contribution in [0.3, 0.4) is 0 Å². The summed E-state index contributed by atoms with van der Waals surface area (Å²) >= 11 is 0. The number of amides is 1. The van der Waals surface area contributed by atoms with Crippen LogP contribution in [-0.2, 0) is 9.53 Å². The highest BCUT2D eigenvalue weighted by Gasteiger charge is 2.33. The molecule has 8 heteroatoms. The van der Waals surface area contributed by atoms with Gasteiger partial charge in [-0.1, -0.05) is 0 Å². The standard InChI is InChI=1S/C16H23N3O5/c1-10-8-18(9-11(2)24-10)12(3)16(20)17-14-6-5-13(19(21)22)7-15(14)23-4/h5-7,10-12H,8-9H2,1-4H3,(H,17,20)/p+1/t10-,11+,12-/m0/s1. The van der Waals surface area contributed by atoms with Crippen LogP contribution in [-0.4, -0.2) is 49.3 Å². The molecule has 2 N–H and O–H groups in total. The number of hydrogen-bond donors (Lipinski definition) is 2. The van der Waals surface area contributed by atoms with Gasteiger partial charge in [0.15, 0.2) is 6.04 Å². The molecule has 1 amide bonds. The number of non-ortho nitro benzene ring substituents is 1. The molecule has 1 aliphatic rings. The zero-order valence-corrected chi connectivity index (χ0v) is 14.4. The number of rotatable bonds is 5. The highest BCUT2D eigenvalue weighted by atomic mass is 16.6. The molecule has 4 atom stereocenters. The van der Waals surface area contributed by atoms with Crippen molar-refractivity contribution in [1.29, 1.82) is 0 Å². The van der Waals surface area contributed by atoms with Gasteiger partial charge in [0.1, 0.15) is 31.0 Å². The third-order valence-corrected chi connectivity index (χ3v) is 4.22. The van der Waals surface area contributed by atoms with Crippen molar-refractivity contribution in [2.24, 2.45) is 0 Å². The van der Waals surface area contributed by atoms with Crippen molar-refractivity contribution in [2.75, 3.05) is 25.5 Å². The van der Waals surface area contributed by atoms with Gasteiger partial charge < -0.3 is 19.7 Å². The Morgan fingerprint density at radius 1 is 1.42 bits per heavy atom. The molecule has 132 valence electrons. The van der Waals surface area contributed by atoms with E-state index >= 15 is 0 Å². The molecule has 0 aromatic heterocycles. The summed E-state index contributed by atoms with van der Waals surface area (Å²) in [4.78, 5) is 24.0. The molecule has 1 unspecified atom stereocenters. The third kappa shape index (κ3) is 4.21. The summed E-state index contributed by atoms with van der Waals surface area (Å²) in [5.74, 6) is 0.113. The van der Waals surface area contributed by atoms with Gasteiger partial charge in [-0.3, -0.25) is 14.9 Å². The molecule has 1 fully saturated rings. The number of benzene rings is 1. The number of methoxy groups -OCH3 is 1. The van der Waals surface area contributed by atoms with Crippen LogP contribution in [0.1, 0.15) is 20.8 Å². The number of morpholine rings is 1. The number of nitro benzene ring substituents is 1. The van der Waals surface area contributed by atoms with E-state index < -0.39 is 4.92 Å². The van der Waals surface area contributed by atoms with Gasteiger partial charge in [-0.2, -0.15) is 0 Å². The fraction of sp³-hybridized carbons (Fsp3) is 0.562. The SMILES string of the molecule is COc1cc([N+](=O)[O-])ccc1NC(=O)[C@H](C)[NH+]1C[C@@H](C)O[C@@H](C)C1. The van der Waals surface area contributed by atoms with E-state index in [1.807, 2.05) is 20.8 Å². The molecule has 1 aliphatic heterocycles. The van der Waals surface area contributed by atoms with E-state index in [1.54, 1.807) is 0 Å². The Morgan fingerprint density at radius 3 is 2.58 bits per heavy atom. The summed E-state index contributed by atoms with van der Waals surface area (Å²) < 4.78 is 10.9. The van der Waals surface area contributed by atoms with Crippen molar-refractivity contribution in [3.8, 4) is 5.75 Å². The molecule has 0 saturated carbocycles. The number of quaternary nitrogens is 1. The zero-order chi connectivity index (χ0) is 17.9. The van der Waals surface area contributed by atoms with Gasteiger partial charge in [0.2, 0.25) is 0 Å². The molecule has 1 saturated heterocycles. The van der Waals surface area contributed by atoms with Gasteiger partial charge in [-0.15, -0.1) is 0 Å². The number of carbonyl (C=O) groups excluding carboxylic acids is 1. The second kappa shape index (κ2) is 7.59. The van der Waals surface area contributed by atoms with Crippen LogP contribution in [0.15, 0.2) is 18.2 Å². The minimum absolute atomic E-state index is 0.0839. The van der Waals surface area contributed by atoms with Crippen molar-refractivity contribution < 1.29 is 24.1 Å². The molecule has 24 heavy (non-hydrogen) atoms. The summed E-state index contributed by atoms with van der Waals surface area (Å²) in [5, 5.41) is 13.6. The summed E-state index contributed by atoms with van der Waals surface area (Å²) in [6.07, 6.45) is 0.209. The topological polar surface area (TPSA) is 95.1 Å². The summed E-state index contributed by atoms with van der Waals surface area (Å²) in [6, 6.07) is 3.86. The number of nitro groups is 1. The van der Waals surface area contributed by atoms with Crippen molar-refractivity contribution in [3.05, 3.63) is 28.3 Å². The summed E-state index contributed by atoms with van der Waals surface area (Å²) in [5.41, 5.74) is 0.341. The smallest absolute Gasteiger partial charge is 0.282 e. The molecular formula is C16H24N3O5+. The van der Waals surface area contributed by atoms with E-state index in [0.29, 0.717) is 5.69 Å². The fourth-order valence-corrected chi connectivity index (χ4v) is 2.99. The van der Waals surface area contributed by atoms with Gasteiger partial charge in [-0.25, -0.2) is 0 Å². The van der Waals surface area contributed by atoms with E-state index in [1.165, 1.54) is 25.3 Å². The molecule has 0 aliphatic carbocycles. The Kier molecular flexibility index (Phi) is 5.74. The van der Waals surface area contributed by atoms with Crippen LogP contribution >= 0.6 is 0 Å². The first-order valence-corrected chi connectivity index (χ1v) is 7.95. The highest BCUT2D eigenvalue weighted by molar-refractivity contribution is 5.95. The van der Waals surface area contributed by atoms with E-state index in [0.717, 1.165) is 18.0 Å². The van der Waals surface area contributed by atoms with E-state index in [-0.39, 0.29) is 35.6 Å². The quantitative estimate of drug-likeness (QED) is 0.606. The van der Waals surface area contributed by atoms with Gasteiger partial charge in [0, 0.05) is 6.07 Å². The van der Waals surface area contributed by atoms with Gasteiger partial charge in [-0.05, 0) is 26.8 Å². The maximum Gasteiger partial charge on any atom is 0.282 e. The largest absolute Gasteiger partial charge is 0.494 e. The third-order valence-electron chi connectivity index (χ3n) is 4.22. The second-order valence-electron chi connectivity index (χ2n) is 6.18. The lowest BCUT2D eigenvalue weighted by Gasteiger charge is -2.35. The number of nitrogens with zero attached hydrogens (tertiary/aromatic N) is 1. The zero-order valence-electron chi connectivity index (χ0n) is 14.4. The van der Waals surface area contributed by atoms with Crippen LogP contribution in [0.4, 0.5) is 11.4 Å². The van der Waals surface area contributed by atoms with Crippen LogP contribution in [0.25, 0.3) is 0 Å². The summed E-state index contributed by atoms with van der Waals surface area (Å²) in [7, 11) is 1.41. The Balaban J connectivity index is 2.09. The predicted molar refractivity (Wildman–Crippen MR) is 88.4 cm³/mol. The van der Waals surface area contributed by atoms with Crippen molar-refractivity contribution in [2.45, 2.75) is 39.0 Å². The maximum absolute atomic E-state index is 12.5. The number of nitrogens with one attached hydrogen (secondary N) is 2. The van der Waals surface area contributed by atoms with Crippen LogP contribution < -0.4 is 15.0 Å². The lowest BCUT2D eigenvalue weighted by molar-refractivity contribution is -0.928. The minimum Gasteiger partial charge on any atom is -0.494 e. The van der Waals surface area contributed by atoms with Crippen molar-refractivity contribution >= 4 is 17.3 Å². The maximum atomic E-state index is 12.5. The number of anilines is 1. The average Bonchev–Trinajstić information content (AvgIpc) is 2.53. The molecular weight excluding hydrogens is 314 g/mol. The lowest BCUT2D eigenvalue weighted by Crippen LogP contribution is -3.19. The average molecular weight is 338 g/mol. The first-order chi connectivity index (χ1) is 11.3. The molecule has 8 nitrogen and oxygen atoms in total. The molecule has 1 aromatic rings. The van der Waals surface area contributed by atoms with E-state index in [4.69, 9.17) is 9.47 Å². The van der Waals surface area contributed by atoms with E-state index in [2.05, 4.69) is 5.32 Å². The minimum atomic E-state index is -0.503. The molecule has 0 radical (unpaired) electrons. The van der Waals surface area contributed by atoms with Gasteiger partial charge >= 0.3 is 0 Å². The number of hydrogen-bond acceptors (Lipinski definition) is 5. The normalized spacial score (nSPS) is 24.9.